The van der Waals surface area contributed by atoms with E-state index in [1.54, 1.807) is 44.4 Å². The number of carbonyl (C=O) groups excluding carboxylic acids is 2. The van der Waals surface area contributed by atoms with Crippen LogP contribution in [0.15, 0.2) is 36.0 Å². The van der Waals surface area contributed by atoms with Crippen LogP contribution in [-0.2, 0) is 14.3 Å². The van der Waals surface area contributed by atoms with Crippen LogP contribution in [0.1, 0.15) is 23.7 Å². The van der Waals surface area contributed by atoms with Crippen LogP contribution in [0.4, 0.5) is 5.69 Å². The molecule has 0 atom stereocenters. The molecule has 0 radical (unpaired) electrons. The van der Waals surface area contributed by atoms with Crippen molar-refractivity contribution in [2.75, 3.05) is 32.2 Å². The highest BCUT2D eigenvalue weighted by Crippen LogP contribution is 2.11. The van der Waals surface area contributed by atoms with Crippen LogP contribution in [0.2, 0.25) is 0 Å². The number of nitriles is 1. The quantitative estimate of drug-likeness (QED) is 0.310. The maximum Gasteiger partial charge on any atom is 0.350 e. The van der Waals surface area contributed by atoms with Crippen molar-refractivity contribution in [3.63, 3.8) is 0 Å². The minimum Gasteiger partial charge on any atom is -0.462 e. The lowest BCUT2D eigenvalue weighted by Crippen LogP contribution is -2.25. The molecule has 7 nitrogen and oxygen atoms in total. The molecule has 0 aliphatic rings. The normalized spacial score (nSPS) is 10.6. The van der Waals surface area contributed by atoms with E-state index in [9.17, 15) is 9.59 Å². The van der Waals surface area contributed by atoms with Gasteiger partial charge < -0.3 is 20.1 Å². The molecule has 1 amide bonds. The van der Waals surface area contributed by atoms with E-state index in [4.69, 9.17) is 14.7 Å². The molecule has 0 saturated carbocycles. The van der Waals surface area contributed by atoms with Gasteiger partial charge in [-0.05, 0) is 31.5 Å². The highest BCUT2D eigenvalue weighted by atomic mass is 16.5. The summed E-state index contributed by atoms with van der Waals surface area (Å²) in [6.07, 6.45) is 1.99. The Morgan fingerprint density at radius 3 is 2.83 bits per heavy atom. The van der Waals surface area contributed by atoms with Gasteiger partial charge in [0.15, 0.2) is 5.57 Å². The number of benzene rings is 1. The standard InChI is InChI=1S/C17H21N3O4/c1-3-24-17(22)14(11-18)12-20-15-7-4-6-13(10-15)16(21)19-8-5-9-23-2/h4,6-7,10,12,20H,3,5,8-9H2,1-2H3,(H,19,21)/b14-12-. The Labute approximate surface area is 141 Å². The predicted molar refractivity (Wildman–Crippen MR) is 89.2 cm³/mol. The third kappa shape index (κ3) is 6.50. The maximum absolute atomic E-state index is 12.0. The monoisotopic (exact) mass is 331 g/mol. The molecular formula is C17H21N3O4. The Hall–Kier alpha value is -2.85. The van der Waals surface area contributed by atoms with Crippen LogP contribution in [0.5, 0.6) is 0 Å². The number of nitrogens with one attached hydrogen (secondary N) is 2. The van der Waals surface area contributed by atoms with Crippen molar-refractivity contribution in [2.45, 2.75) is 13.3 Å². The Bertz CT molecular complexity index is 635. The first-order chi connectivity index (χ1) is 11.6. The van der Waals surface area contributed by atoms with Crippen molar-refractivity contribution in [2.24, 2.45) is 0 Å². The largest absolute Gasteiger partial charge is 0.462 e. The molecule has 1 aromatic carbocycles. The van der Waals surface area contributed by atoms with Crippen molar-refractivity contribution < 1.29 is 19.1 Å². The number of esters is 1. The Morgan fingerprint density at radius 2 is 2.17 bits per heavy atom. The minimum absolute atomic E-state index is 0.147. The van der Waals surface area contributed by atoms with Gasteiger partial charge >= 0.3 is 5.97 Å². The number of anilines is 1. The highest BCUT2D eigenvalue weighted by Gasteiger charge is 2.10. The van der Waals surface area contributed by atoms with Crippen LogP contribution in [0, 0.1) is 11.3 Å². The van der Waals surface area contributed by atoms with E-state index in [2.05, 4.69) is 10.6 Å². The number of hydrogen-bond donors (Lipinski definition) is 2. The zero-order valence-electron chi connectivity index (χ0n) is 13.8. The minimum atomic E-state index is -0.695. The molecule has 0 fully saturated rings. The topological polar surface area (TPSA) is 100 Å². The molecule has 0 aliphatic heterocycles. The summed E-state index contributed by atoms with van der Waals surface area (Å²) in [5.41, 5.74) is 0.906. The molecule has 0 bridgehead atoms. The number of methoxy groups -OCH3 is 1. The van der Waals surface area contributed by atoms with Gasteiger partial charge in [-0.25, -0.2) is 4.79 Å². The molecule has 24 heavy (non-hydrogen) atoms. The van der Waals surface area contributed by atoms with Gasteiger partial charge in [-0.15, -0.1) is 0 Å². The second-order valence-corrected chi connectivity index (χ2v) is 4.72. The van der Waals surface area contributed by atoms with E-state index >= 15 is 0 Å². The van der Waals surface area contributed by atoms with Crippen LogP contribution >= 0.6 is 0 Å². The Morgan fingerprint density at radius 1 is 1.38 bits per heavy atom. The summed E-state index contributed by atoms with van der Waals surface area (Å²) in [5, 5.41) is 14.6. The number of nitrogens with zero attached hydrogens (tertiary/aromatic N) is 1. The number of hydrogen-bond acceptors (Lipinski definition) is 6. The van der Waals surface area contributed by atoms with Crippen molar-refractivity contribution in [1.29, 1.82) is 5.26 Å². The predicted octanol–water partition coefficient (Wildman–Crippen LogP) is 1.84. The van der Waals surface area contributed by atoms with E-state index in [0.29, 0.717) is 24.4 Å². The van der Waals surface area contributed by atoms with E-state index in [1.807, 2.05) is 0 Å². The zero-order chi connectivity index (χ0) is 17.8. The molecule has 0 aromatic heterocycles. The number of rotatable bonds is 9. The summed E-state index contributed by atoms with van der Waals surface area (Å²) < 4.78 is 9.68. The molecule has 2 N–H and O–H groups in total. The second-order valence-electron chi connectivity index (χ2n) is 4.72. The zero-order valence-corrected chi connectivity index (χ0v) is 13.8. The summed E-state index contributed by atoms with van der Waals surface area (Å²) in [7, 11) is 1.61. The SMILES string of the molecule is CCOC(=O)/C(C#N)=C\Nc1cccc(C(=O)NCCCOC)c1. The van der Waals surface area contributed by atoms with Crippen LogP contribution in [-0.4, -0.2) is 38.7 Å². The lowest BCUT2D eigenvalue weighted by Gasteiger charge is -2.07. The molecule has 0 spiro atoms. The first-order valence-corrected chi connectivity index (χ1v) is 7.53. The second kappa shape index (κ2) is 10.8. The summed E-state index contributed by atoms with van der Waals surface area (Å²) in [5.74, 6) is -0.899. The number of ether oxygens (including phenoxy) is 2. The highest BCUT2D eigenvalue weighted by molar-refractivity contribution is 5.95. The fourth-order valence-electron chi connectivity index (χ4n) is 1.77. The van der Waals surface area contributed by atoms with Crippen molar-refractivity contribution in [3.8, 4) is 6.07 Å². The van der Waals surface area contributed by atoms with Gasteiger partial charge in [0.2, 0.25) is 0 Å². The molecule has 128 valence electrons. The first-order valence-electron chi connectivity index (χ1n) is 7.53. The molecular weight excluding hydrogens is 310 g/mol. The molecule has 0 aliphatic carbocycles. The third-order valence-electron chi connectivity index (χ3n) is 2.93. The van der Waals surface area contributed by atoms with E-state index < -0.39 is 5.97 Å². The van der Waals surface area contributed by atoms with Gasteiger partial charge in [0.05, 0.1) is 6.61 Å². The van der Waals surface area contributed by atoms with Gasteiger partial charge in [-0.2, -0.15) is 5.26 Å². The van der Waals surface area contributed by atoms with E-state index in [-0.39, 0.29) is 18.1 Å². The van der Waals surface area contributed by atoms with E-state index in [0.717, 1.165) is 6.42 Å². The van der Waals surface area contributed by atoms with Crippen LogP contribution in [0.3, 0.4) is 0 Å². The maximum atomic E-state index is 12.0. The molecule has 7 heteroatoms. The smallest absolute Gasteiger partial charge is 0.350 e. The number of amides is 1. The fourth-order valence-corrected chi connectivity index (χ4v) is 1.77. The third-order valence-corrected chi connectivity index (χ3v) is 2.93. The summed E-state index contributed by atoms with van der Waals surface area (Å²) in [4.78, 5) is 23.5. The van der Waals surface area contributed by atoms with Gasteiger partial charge in [-0.3, -0.25) is 4.79 Å². The van der Waals surface area contributed by atoms with Gasteiger partial charge in [0, 0.05) is 37.7 Å². The van der Waals surface area contributed by atoms with Crippen molar-refractivity contribution in [1.82, 2.24) is 5.32 Å². The van der Waals surface area contributed by atoms with Gasteiger partial charge in [0.25, 0.3) is 5.91 Å². The van der Waals surface area contributed by atoms with Gasteiger partial charge in [0.1, 0.15) is 6.07 Å². The van der Waals surface area contributed by atoms with Gasteiger partial charge in [-0.1, -0.05) is 6.07 Å². The number of carbonyl (C=O) groups is 2. The average molecular weight is 331 g/mol. The first kappa shape index (κ1) is 19.2. The van der Waals surface area contributed by atoms with E-state index in [1.165, 1.54) is 6.20 Å². The lowest BCUT2D eigenvalue weighted by atomic mass is 10.2. The Balaban J connectivity index is 2.69. The molecule has 1 rings (SSSR count). The molecule has 1 aromatic rings. The molecule has 0 heterocycles. The fraction of sp³-hybridized carbons (Fsp3) is 0.353. The Kier molecular flexibility index (Phi) is 8.64. The summed E-state index contributed by atoms with van der Waals surface area (Å²) in [6.45, 7) is 2.95. The average Bonchev–Trinajstić information content (AvgIpc) is 2.59. The summed E-state index contributed by atoms with van der Waals surface area (Å²) >= 11 is 0. The molecule has 0 unspecified atom stereocenters. The van der Waals surface area contributed by atoms with Crippen LogP contribution in [0.25, 0.3) is 0 Å². The molecule has 0 saturated heterocycles. The lowest BCUT2D eigenvalue weighted by molar-refractivity contribution is -0.138. The summed E-state index contributed by atoms with van der Waals surface area (Å²) in [6, 6.07) is 8.50. The van der Waals surface area contributed by atoms with Crippen LogP contribution < -0.4 is 10.6 Å². The van der Waals surface area contributed by atoms with Crippen molar-refractivity contribution >= 4 is 17.6 Å². The van der Waals surface area contributed by atoms with Crippen molar-refractivity contribution in [3.05, 3.63) is 41.6 Å².